The van der Waals surface area contributed by atoms with E-state index in [2.05, 4.69) is 25.4 Å². The van der Waals surface area contributed by atoms with Gasteiger partial charge in [-0.15, -0.1) is 0 Å². The number of fused-ring (bicyclic) bond motifs is 1. The summed E-state index contributed by atoms with van der Waals surface area (Å²) in [6.45, 7) is 5.73. The third kappa shape index (κ3) is 2.97. The molecule has 2 rings (SSSR count). The van der Waals surface area contributed by atoms with Crippen LogP contribution in [0.5, 0.6) is 5.75 Å². The molecule has 1 N–H and O–H groups in total. The monoisotopic (exact) mass is 221 g/mol. The molecule has 0 radical (unpaired) electrons. The fraction of sp³-hybridized carbons (Fsp3) is 0.538. The minimum atomic E-state index is 0.199. The highest BCUT2D eigenvalue weighted by atomic mass is 16.6. The van der Waals surface area contributed by atoms with Crippen molar-refractivity contribution in [3.8, 4) is 5.75 Å². The SMILES string of the molecule is CC(C)CONCC1Cc2ccccc2O1. The van der Waals surface area contributed by atoms with Crippen LogP contribution in [0.4, 0.5) is 0 Å². The zero-order valence-corrected chi connectivity index (χ0v) is 9.90. The lowest BCUT2D eigenvalue weighted by Crippen LogP contribution is -2.31. The number of ether oxygens (including phenoxy) is 1. The van der Waals surface area contributed by atoms with Gasteiger partial charge < -0.3 is 9.57 Å². The number of hydrogen-bond acceptors (Lipinski definition) is 3. The summed E-state index contributed by atoms with van der Waals surface area (Å²) in [6, 6.07) is 8.19. The smallest absolute Gasteiger partial charge is 0.123 e. The summed E-state index contributed by atoms with van der Waals surface area (Å²) >= 11 is 0. The molecule has 0 amide bonds. The molecule has 1 aromatic carbocycles. The van der Waals surface area contributed by atoms with E-state index in [9.17, 15) is 0 Å². The van der Waals surface area contributed by atoms with Gasteiger partial charge in [-0.25, -0.2) is 0 Å². The molecule has 0 saturated carbocycles. The van der Waals surface area contributed by atoms with Crippen molar-refractivity contribution in [1.29, 1.82) is 0 Å². The topological polar surface area (TPSA) is 30.5 Å². The summed E-state index contributed by atoms with van der Waals surface area (Å²) in [7, 11) is 0. The Hall–Kier alpha value is -1.06. The second-order valence-corrected chi connectivity index (χ2v) is 4.61. The maximum atomic E-state index is 5.77. The summed E-state index contributed by atoms with van der Waals surface area (Å²) in [4.78, 5) is 5.33. The average molecular weight is 221 g/mol. The molecule has 3 heteroatoms. The van der Waals surface area contributed by atoms with Crippen molar-refractivity contribution in [2.24, 2.45) is 5.92 Å². The highest BCUT2D eigenvalue weighted by Crippen LogP contribution is 2.27. The largest absolute Gasteiger partial charge is 0.488 e. The maximum absolute atomic E-state index is 5.77. The zero-order valence-electron chi connectivity index (χ0n) is 9.90. The first-order valence-corrected chi connectivity index (χ1v) is 5.85. The normalized spacial score (nSPS) is 18.6. The fourth-order valence-electron chi connectivity index (χ4n) is 1.75. The highest BCUT2D eigenvalue weighted by molar-refractivity contribution is 5.37. The number of hydroxylamine groups is 1. The van der Waals surface area contributed by atoms with E-state index in [4.69, 9.17) is 9.57 Å². The molecule has 0 saturated heterocycles. The van der Waals surface area contributed by atoms with Crippen molar-refractivity contribution >= 4 is 0 Å². The lowest BCUT2D eigenvalue weighted by molar-refractivity contribution is 0.00783. The van der Waals surface area contributed by atoms with Gasteiger partial charge in [-0.3, -0.25) is 0 Å². The van der Waals surface area contributed by atoms with Gasteiger partial charge in [0.2, 0.25) is 0 Å². The molecule has 0 fully saturated rings. The highest BCUT2D eigenvalue weighted by Gasteiger charge is 2.21. The van der Waals surface area contributed by atoms with E-state index >= 15 is 0 Å². The van der Waals surface area contributed by atoms with Crippen molar-refractivity contribution in [2.45, 2.75) is 26.4 Å². The number of hydrogen-bond donors (Lipinski definition) is 1. The Kier molecular flexibility index (Phi) is 3.80. The quantitative estimate of drug-likeness (QED) is 0.610. The van der Waals surface area contributed by atoms with E-state index in [1.165, 1.54) is 5.56 Å². The van der Waals surface area contributed by atoms with Gasteiger partial charge in [0.15, 0.2) is 0 Å². The molecule has 0 spiro atoms. The Morgan fingerprint density at radius 2 is 2.25 bits per heavy atom. The van der Waals surface area contributed by atoms with Gasteiger partial charge in [0.1, 0.15) is 11.9 Å². The number of rotatable bonds is 5. The fourth-order valence-corrected chi connectivity index (χ4v) is 1.75. The van der Waals surface area contributed by atoms with E-state index < -0.39 is 0 Å². The third-order valence-corrected chi connectivity index (χ3v) is 2.54. The van der Waals surface area contributed by atoms with Gasteiger partial charge in [0.05, 0.1) is 13.2 Å². The van der Waals surface area contributed by atoms with Crippen LogP contribution in [0.25, 0.3) is 0 Å². The Bertz CT molecular complexity index is 313. The maximum Gasteiger partial charge on any atom is 0.123 e. The minimum absolute atomic E-state index is 0.199. The summed E-state index contributed by atoms with van der Waals surface area (Å²) in [5.41, 5.74) is 4.26. The number of nitrogens with one attached hydrogen (secondary N) is 1. The molecule has 16 heavy (non-hydrogen) atoms. The molecule has 1 aromatic rings. The molecular weight excluding hydrogens is 202 g/mol. The van der Waals surface area contributed by atoms with Gasteiger partial charge in [0.25, 0.3) is 0 Å². The molecule has 1 unspecified atom stereocenters. The van der Waals surface area contributed by atoms with Crippen molar-refractivity contribution in [3.63, 3.8) is 0 Å². The Balaban J connectivity index is 1.71. The van der Waals surface area contributed by atoms with Gasteiger partial charge in [-0.2, -0.15) is 5.48 Å². The first-order chi connectivity index (χ1) is 7.75. The molecule has 0 aromatic heterocycles. The van der Waals surface area contributed by atoms with Crippen LogP contribution in [0.2, 0.25) is 0 Å². The minimum Gasteiger partial charge on any atom is -0.488 e. The lowest BCUT2D eigenvalue weighted by atomic mass is 10.1. The van der Waals surface area contributed by atoms with Crippen molar-refractivity contribution in [3.05, 3.63) is 29.8 Å². The summed E-state index contributed by atoms with van der Waals surface area (Å²) in [5.74, 6) is 1.56. The number of benzene rings is 1. The van der Waals surface area contributed by atoms with Crippen LogP contribution < -0.4 is 10.2 Å². The van der Waals surface area contributed by atoms with Gasteiger partial charge in [-0.1, -0.05) is 32.0 Å². The van der Waals surface area contributed by atoms with Crippen LogP contribution in [-0.4, -0.2) is 19.3 Å². The van der Waals surface area contributed by atoms with Gasteiger partial charge in [-0.05, 0) is 17.5 Å². The van der Waals surface area contributed by atoms with Crippen LogP contribution >= 0.6 is 0 Å². The predicted molar refractivity (Wildman–Crippen MR) is 63.4 cm³/mol. The van der Waals surface area contributed by atoms with E-state index in [-0.39, 0.29) is 6.10 Å². The van der Waals surface area contributed by atoms with Crippen LogP contribution in [0, 0.1) is 5.92 Å². The van der Waals surface area contributed by atoms with E-state index in [0.29, 0.717) is 5.92 Å². The number of para-hydroxylation sites is 1. The first-order valence-electron chi connectivity index (χ1n) is 5.85. The summed E-state index contributed by atoms with van der Waals surface area (Å²) in [6.07, 6.45) is 1.17. The second kappa shape index (κ2) is 5.32. The standard InChI is InChI=1S/C13H19NO2/c1-10(2)9-15-14-8-12-7-11-5-3-4-6-13(11)16-12/h3-6,10,12,14H,7-9H2,1-2H3. The van der Waals surface area contributed by atoms with E-state index in [0.717, 1.165) is 25.3 Å². The summed E-state index contributed by atoms with van der Waals surface area (Å²) < 4.78 is 5.77. The molecule has 88 valence electrons. The van der Waals surface area contributed by atoms with E-state index in [1.807, 2.05) is 18.2 Å². The molecule has 1 atom stereocenters. The molecule has 0 bridgehead atoms. The molecule has 0 aliphatic carbocycles. The predicted octanol–water partition coefficient (Wildman–Crippen LogP) is 2.17. The van der Waals surface area contributed by atoms with Crippen molar-refractivity contribution < 1.29 is 9.57 Å². The molecule has 3 nitrogen and oxygen atoms in total. The Morgan fingerprint density at radius 1 is 1.44 bits per heavy atom. The van der Waals surface area contributed by atoms with Crippen LogP contribution in [0.15, 0.2) is 24.3 Å². The lowest BCUT2D eigenvalue weighted by Gasteiger charge is -2.12. The van der Waals surface area contributed by atoms with Crippen LogP contribution in [0.1, 0.15) is 19.4 Å². The first kappa shape index (κ1) is 11.4. The Morgan fingerprint density at radius 3 is 3.00 bits per heavy atom. The van der Waals surface area contributed by atoms with E-state index in [1.54, 1.807) is 0 Å². The second-order valence-electron chi connectivity index (χ2n) is 4.61. The molecule has 1 aliphatic heterocycles. The molecule has 1 aliphatic rings. The average Bonchev–Trinajstić information content (AvgIpc) is 2.66. The van der Waals surface area contributed by atoms with Gasteiger partial charge >= 0.3 is 0 Å². The zero-order chi connectivity index (χ0) is 11.4. The van der Waals surface area contributed by atoms with Crippen LogP contribution in [-0.2, 0) is 11.3 Å². The molecular formula is C13H19NO2. The van der Waals surface area contributed by atoms with Crippen molar-refractivity contribution in [2.75, 3.05) is 13.2 Å². The van der Waals surface area contributed by atoms with Crippen molar-refractivity contribution in [1.82, 2.24) is 5.48 Å². The third-order valence-electron chi connectivity index (χ3n) is 2.54. The van der Waals surface area contributed by atoms with Gasteiger partial charge in [0, 0.05) is 6.42 Å². The molecule has 1 heterocycles. The Labute approximate surface area is 96.7 Å². The summed E-state index contributed by atoms with van der Waals surface area (Å²) in [5, 5.41) is 0. The van der Waals surface area contributed by atoms with Crippen LogP contribution in [0.3, 0.4) is 0 Å².